The topological polar surface area (TPSA) is 123 Å². The van der Waals surface area contributed by atoms with Crippen LogP contribution in [-0.2, 0) is 10.0 Å². The van der Waals surface area contributed by atoms with E-state index in [9.17, 15) is 18.3 Å². The van der Waals surface area contributed by atoms with Crippen LogP contribution < -0.4 is 24.2 Å². The van der Waals surface area contributed by atoms with Crippen molar-refractivity contribution in [2.75, 3.05) is 24.7 Å². The van der Waals surface area contributed by atoms with E-state index < -0.39 is 22.0 Å². The molecule has 9 nitrogen and oxygen atoms in total. The number of ether oxygens (including phenoxy) is 3. The van der Waals surface area contributed by atoms with Gasteiger partial charge in [-0.25, -0.2) is 8.42 Å². The number of carbonyl (C=O) groups excluding carboxylic acids is 1. The number of aliphatic hydroxyl groups is 1. The molecule has 0 aliphatic carbocycles. The number of benzene rings is 3. The van der Waals surface area contributed by atoms with Crippen LogP contribution in [0.2, 0.25) is 0 Å². The highest BCUT2D eigenvalue weighted by Gasteiger charge is 2.15. The fraction of sp³-hybridized carbons (Fsp3) is 0.160. The van der Waals surface area contributed by atoms with Crippen LogP contribution in [-0.4, -0.2) is 45.5 Å². The first-order valence-electron chi connectivity index (χ1n) is 10.7. The summed E-state index contributed by atoms with van der Waals surface area (Å²) in [6, 6.07) is 20.1. The highest BCUT2D eigenvalue weighted by Crippen LogP contribution is 2.35. The number of aliphatic hydroxyl groups excluding tert-OH is 1. The minimum absolute atomic E-state index is 0.0257. The molecule has 1 amide bonds. The Morgan fingerprint density at radius 3 is 2.54 bits per heavy atom. The van der Waals surface area contributed by atoms with Gasteiger partial charge in [-0.1, -0.05) is 30.3 Å². The summed E-state index contributed by atoms with van der Waals surface area (Å²) in [5.74, 6) is 1.30. The van der Waals surface area contributed by atoms with Gasteiger partial charge in [-0.05, 0) is 48.0 Å². The molecule has 1 unspecified atom stereocenters. The second-order valence-corrected chi connectivity index (χ2v) is 9.19. The average Bonchev–Trinajstić information content (AvgIpc) is 3.34. The molecule has 0 fully saturated rings. The van der Waals surface area contributed by atoms with Crippen molar-refractivity contribution in [3.63, 3.8) is 0 Å². The van der Waals surface area contributed by atoms with E-state index in [2.05, 4.69) is 10.0 Å². The molecule has 182 valence electrons. The molecule has 1 aliphatic rings. The number of rotatable bonds is 10. The van der Waals surface area contributed by atoms with Crippen LogP contribution in [0.15, 0.2) is 78.2 Å². The number of nitrogens with one attached hydrogen (secondary N) is 2. The van der Waals surface area contributed by atoms with E-state index in [0.717, 1.165) is 11.0 Å². The molecule has 3 aromatic carbocycles. The Bertz CT molecular complexity index is 1290. The highest BCUT2D eigenvalue weighted by molar-refractivity contribution is 7.95. The van der Waals surface area contributed by atoms with E-state index in [4.69, 9.17) is 14.2 Å². The molecule has 35 heavy (non-hydrogen) atoms. The van der Waals surface area contributed by atoms with Gasteiger partial charge in [0.15, 0.2) is 11.5 Å². The first-order valence-corrected chi connectivity index (χ1v) is 12.3. The largest absolute Gasteiger partial charge is 0.491 e. The van der Waals surface area contributed by atoms with Crippen molar-refractivity contribution >= 4 is 27.7 Å². The average molecular weight is 497 g/mol. The van der Waals surface area contributed by atoms with Gasteiger partial charge in [0.25, 0.3) is 15.9 Å². The summed E-state index contributed by atoms with van der Waals surface area (Å²) >= 11 is 0. The fourth-order valence-electron chi connectivity index (χ4n) is 3.15. The van der Waals surface area contributed by atoms with E-state index in [0.29, 0.717) is 28.5 Å². The van der Waals surface area contributed by atoms with Gasteiger partial charge in [0, 0.05) is 23.9 Å². The second kappa shape index (κ2) is 10.9. The van der Waals surface area contributed by atoms with E-state index in [1.807, 2.05) is 18.2 Å². The van der Waals surface area contributed by atoms with Crippen molar-refractivity contribution in [3.8, 4) is 17.2 Å². The van der Waals surface area contributed by atoms with Crippen LogP contribution in [0, 0.1) is 0 Å². The maximum absolute atomic E-state index is 12.4. The van der Waals surface area contributed by atoms with Gasteiger partial charge in [-0.15, -0.1) is 0 Å². The summed E-state index contributed by atoms with van der Waals surface area (Å²) in [6.45, 7) is 0.102. The predicted molar refractivity (Wildman–Crippen MR) is 131 cm³/mol. The molecule has 10 heteroatoms. The minimum atomic E-state index is -3.71. The maximum atomic E-state index is 12.4. The predicted octanol–water partition coefficient (Wildman–Crippen LogP) is 3.00. The van der Waals surface area contributed by atoms with Crippen LogP contribution in [0.3, 0.4) is 0 Å². The minimum Gasteiger partial charge on any atom is -0.491 e. The van der Waals surface area contributed by atoms with Gasteiger partial charge >= 0.3 is 0 Å². The molecule has 0 radical (unpaired) electrons. The van der Waals surface area contributed by atoms with Crippen molar-refractivity contribution in [1.29, 1.82) is 0 Å². The molecule has 0 saturated carbocycles. The maximum Gasteiger partial charge on any atom is 0.255 e. The van der Waals surface area contributed by atoms with Crippen LogP contribution in [0.5, 0.6) is 17.2 Å². The lowest BCUT2D eigenvalue weighted by atomic mass is 10.2. The standard InChI is InChI=1S/C25H24N2O7S/c28-21(16-32-22-10-11-23-24(14-22)34-17-33-23)15-26-25(29)19-6-8-20(9-7-19)27-35(30,31)13-12-18-4-2-1-3-5-18/h1-14,21,27-28H,15-17H2,(H,26,29)/b13-12+. The number of fused-ring (bicyclic) bond motifs is 1. The summed E-state index contributed by atoms with van der Waals surface area (Å²) in [6.07, 6.45) is 0.554. The zero-order chi connectivity index (χ0) is 24.7. The lowest BCUT2D eigenvalue weighted by Gasteiger charge is -2.14. The third-order valence-corrected chi connectivity index (χ3v) is 5.95. The molecule has 1 heterocycles. The highest BCUT2D eigenvalue weighted by atomic mass is 32.2. The Kier molecular flexibility index (Phi) is 7.54. The molecular weight excluding hydrogens is 472 g/mol. The Labute approximate surface area is 203 Å². The molecule has 0 spiro atoms. The molecule has 3 N–H and O–H groups in total. The summed E-state index contributed by atoms with van der Waals surface area (Å²) in [4.78, 5) is 12.4. The summed E-state index contributed by atoms with van der Waals surface area (Å²) in [5, 5.41) is 13.8. The van der Waals surface area contributed by atoms with Crippen LogP contribution >= 0.6 is 0 Å². The number of amides is 1. The fourth-order valence-corrected chi connectivity index (χ4v) is 4.02. The molecule has 4 rings (SSSR count). The third kappa shape index (κ3) is 6.98. The van der Waals surface area contributed by atoms with E-state index in [1.54, 1.807) is 30.3 Å². The molecule has 0 aromatic heterocycles. The number of anilines is 1. The van der Waals surface area contributed by atoms with E-state index >= 15 is 0 Å². The van der Waals surface area contributed by atoms with Crippen molar-refractivity contribution in [2.45, 2.75) is 6.10 Å². The molecular formula is C25H24N2O7S. The molecule has 1 aliphatic heterocycles. The Hall–Kier alpha value is -4.02. The monoisotopic (exact) mass is 496 g/mol. The lowest BCUT2D eigenvalue weighted by molar-refractivity contribution is 0.0843. The van der Waals surface area contributed by atoms with Crippen LogP contribution in [0.25, 0.3) is 6.08 Å². The molecule has 0 saturated heterocycles. The van der Waals surface area contributed by atoms with Crippen molar-refractivity contribution < 1.29 is 32.5 Å². The van der Waals surface area contributed by atoms with Crippen LogP contribution in [0.4, 0.5) is 5.69 Å². The van der Waals surface area contributed by atoms with Gasteiger partial charge in [-0.2, -0.15) is 0 Å². The smallest absolute Gasteiger partial charge is 0.255 e. The van der Waals surface area contributed by atoms with Gasteiger partial charge in [0.05, 0.1) is 5.41 Å². The van der Waals surface area contributed by atoms with Crippen LogP contribution in [0.1, 0.15) is 15.9 Å². The number of hydrogen-bond donors (Lipinski definition) is 3. The van der Waals surface area contributed by atoms with Crippen molar-refractivity contribution in [3.05, 3.63) is 89.3 Å². The Balaban J connectivity index is 1.23. The van der Waals surface area contributed by atoms with Gasteiger partial charge in [-0.3, -0.25) is 9.52 Å². The van der Waals surface area contributed by atoms with E-state index in [-0.39, 0.29) is 19.9 Å². The number of sulfonamides is 1. The summed E-state index contributed by atoms with van der Waals surface area (Å²) < 4.78 is 43.0. The zero-order valence-electron chi connectivity index (χ0n) is 18.6. The third-order valence-electron chi connectivity index (χ3n) is 4.93. The first kappa shape index (κ1) is 24.1. The Morgan fingerprint density at radius 2 is 1.77 bits per heavy atom. The molecule has 1 atom stereocenters. The normalized spacial score (nSPS) is 13.4. The molecule has 0 bridgehead atoms. The Morgan fingerprint density at radius 1 is 1.03 bits per heavy atom. The van der Waals surface area contributed by atoms with Gasteiger partial charge in [0.2, 0.25) is 6.79 Å². The summed E-state index contributed by atoms with van der Waals surface area (Å²) in [7, 11) is -3.71. The first-order chi connectivity index (χ1) is 16.9. The zero-order valence-corrected chi connectivity index (χ0v) is 19.4. The number of hydrogen-bond acceptors (Lipinski definition) is 7. The van der Waals surface area contributed by atoms with Gasteiger partial charge in [0.1, 0.15) is 18.5 Å². The van der Waals surface area contributed by atoms with Gasteiger partial charge < -0.3 is 24.6 Å². The lowest BCUT2D eigenvalue weighted by Crippen LogP contribution is -2.35. The quantitative estimate of drug-likeness (QED) is 0.394. The number of carbonyl (C=O) groups is 1. The second-order valence-electron chi connectivity index (χ2n) is 7.63. The molecule has 3 aromatic rings. The SMILES string of the molecule is O=C(NCC(O)COc1ccc2c(c1)OCO2)c1ccc(NS(=O)(=O)/C=C/c2ccccc2)cc1. The van der Waals surface area contributed by atoms with Crippen molar-refractivity contribution in [2.24, 2.45) is 0 Å². The van der Waals surface area contributed by atoms with E-state index in [1.165, 1.54) is 30.3 Å². The summed E-state index contributed by atoms with van der Waals surface area (Å²) in [5.41, 5.74) is 1.39. The van der Waals surface area contributed by atoms with Crippen molar-refractivity contribution in [1.82, 2.24) is 5.32 Å².